The molecule has 2 heteroatoms. The average Bonchev–Trinajstić information content (AvgIpc) is 2.41. The molecule has 1 heterocycles. The van der Waals surface area contributed by atoms with Gasteiger partial charge < -0.3 is 10.3 Å². The van der Waals surface area contributed by atoms with Crippen LogP contribution in [0, 0.1) is 0 Å². The zero-order valence-electron chi connectivity index (χ0n) is 6.35. The summed E-state index contributed by atoms with van der Waals surface area (Å²) in [7, 11) is 0. The Hall–Kier alpha value is -0.920. The molecule has 10 heavy (non-hydrogen) atoms. The number of aromatic amines is 1. The number of rotatable bonds is 4. The highest BCUT2D eigenvalue weighted by molar-refractivity contribution is 5.33. The standard InChI is InChI=1S/C8H14N2/c1-2-3-6-9-8-5-4-7-10-8/h4-5,7,9-10H,2-3,6H2,1H3. The van der Waals surface area contributed by atoms with Crippen LogP contribution in [0.4, 0.5) is 5.82 Å². The number of unbranched alkanes of at least 4 members (excludes halogenated alkanes) is 1. The molecule has 0 saturated heterocycles. The Labute approximate surface area is 61.7 Å². The summed E-state index contributed by atoms with van der Waals surface area (Å²) in [4.78, 5) is 3.08. The van der Waals surface area contributed by atoms with E-state index in [9.17, 15) is 0 Å². The Bertz CT molecular complexity index is 156. The van der Waals surface area contributed by atoms with Gasteiger partial charge in [-0.25, -0.2) is 0 Å². The normalized spacial score (nSPS) is 9.70. The third kappa shape index (κ3) is 2.13. The monoisotopic (exact) mass is 138 g/mol. The molecule has 0 radical (unpaired) electrons. The molecule has 0 unspecified atom stereocenters. The summed E-state index contributed by atoms with van der Waals surface area (Å²) in [6.07, 6.45) is 4.40. The van der Waals surface area contributed by atoms with Gasteiger partial charge in [-0.2, -0.15) is 0 Å². The molecule has 2 N–H and O–H groups in total. The summed E-state index contributed by atoms with van der Waals surface area (Å²) in [5.41, 5.74) is 0. The summed E-state index contributed by atoms with van der Waals surface area (Å²) in [5, 5.41) is 3.27. The number of anilines is 1. The van der Waals surface area contributed by atoms with Gasteiger partial charge in [0.15, 0.2) is 0 Å². The maximum absolute atomic E-state index is 3.27. The summed E-state index contributed by atoms with van der Waals surface area (Å²) in [6, 6.07) is 4.03. The van der Waals surface area contributed by atoms with Crippen molar-refractivity contribution in [2.24, 2.45) is 0 Å². The number of aromatic nitrogens is 1. The highest BCUT2D eigenvalue weighted by atomic mass is 15.0. The lowest BCUT2D eigenvalue weighted by molar-refractivity contribution is 0.832. The minimum absolute atomic E-state index is 1.07. The van der Waals surface area contributed by atoms with Crippen LogP contribution in [0.1, 0.15) is 19.8 Å². The van der Waals surface area contributed by atoms with Crippen molar-refractivity contribution in [3.05, 3.63) is 18.3 Å². The Kier molecular flexibility index (Phi) is 2.87. The zero-order valence-corrected chi connectivity index (χ0v) is 6.35. The van der Waals surface area contributed by atoms with Crippen LogP contribution in [0.3, 0.4) is 0 Å². The molecule has 0 aliphatic heterocycles. The molecular weight excluding hydrogens is 124 g/mol. The Balaban J connectivity index is 2.15. The molecule has 0 aliphatic carbocycles. The average molecular weight is 138 g/mol. The lowest BCUT2D eigenvalue weighted by Crippen LogP contribution is -2.00. The van der Waals surface area contributed by atoms with Crippen LogP contribution in [-0.2, 0) is 0 Å². The third-order valence-corrected chi connectivity index (χ3v) is 1.44. The number of hydrogen-bond donors (Lipinski definition) is 2. The highest BCUT2D eigenvalue weighted by Crippen LogP contribution is 2.00. The van der Waals surface area contributed by atoms with E-state index in [1.165, 1.54) is 12.8 Å². The Morgan fingerprint density at radius 2 is 2.50 bits per heavy atom. The van der Waals surface area contributed by atoms with Gasteiger partial charge >= 0.3 is 0 Å². The predicted molar refractivity (Wildman–Crippen MR) is 44.2 cm³/mol. The van der Waals surface area contributed by atoms with E-state index in [0.717, 1.165) is 12.4 Å². The second-order valence-corrected chi connectivity index (χ2v) is 2.36. The van der Waals surface area contributed by atoms with Gasteiger partial charge in [-0.3, -0.25) is 0 Å². The fraction of sp³-hybridized carbons (Fsp3) is 0.500. The SMILES string of the molecule is CCCCNc1ccc[nH]1. The third-order valence-electron chi connectivity index (χ3n) is 1.44. The largest absolute Gasteiger partial charge is 0.372 e. The molecular formula is C8H14N2. The van der Waals surface area contributed by atoms with Crippen LogP contribution >= 0.6 is 0 Å². The molecule has 1 aromatic heterocycles. The van der Waals surface area contributed by atoms with E-state index in [4.69, 9.17) is 0 Å². The van der Waals surface area contributed by atoms with Gasteiger partial charge in [0.05, 0.1) is 0 Å². The van der Waals surface area contributed by atoms with E-state index >= 15 is 0 Å². The molecule has 0 aliphatic rings. The van der Waals surface area contributed by atoms with E-state index in [1.807, 2.05) is 18.3 Å². The minimum atomic E-state index is 1.07. The Morgan fingerprint density at radius 3 is 3.10 bits per heavy atom. The van der Waals surface area contributed by atoms with E-state index < -0.39 is 0 Å². The van der Waals surface area contributed by atoms with Gasteiger partial charge in [0.25, 0.3) is 0 Å². The second kappa shape index (κ2) is 3.99. The maximum Gasteiger partial charge on any atom is 0.103 e. The lowest BCUT2D eigenvalue weighted by atomic mass is 10.3. The fourth-order valence-electron chi connectivity index (χ4n) is 0.840. The van der Waals surface area contributed by atoms with Crippen molar-refractivity contribution >= 4 is 5.82 Å². The van der Waals surface area contributed by atoms with Crippen molar-refractivity contribution in [3.8, 4) is 0 Å². The molecule has 1 rings (SSSR count). The first-order valence-corrected chi connectivity index (χ1v) is 3.80. The smallest absolute Gasteiger partial charge is 0.103 e. The fourth-order valence-corrected chi connectivity index (χ4v) is 0.840. The molecule has 0 spiro atoms. The Morgan fingerprint density at radius 1 is 1.60 bits per heavy atom. The van der Waals surface area contributed by atoms with E-state index in [-0.39, 0.29) is 0 Å². The molecule has 56 valence electrons. The maximum atomic E-state index is 3.27. The first kappa shape index (κ1) is 7.19. The first-order valence-electron chi connectivity index (χ1n) is 3.80. The van der Waals surface area contributed by atoms with Crippen molar-refractivity contribution in [1.29, 1.82) is 0 Å². The summed E-state index contributed by atoms with van der Waals surface area (Å²) < 4.78 is 0. The topological polar surface area (TPSA) is 27.8 Å². The molecule has 1 aromatic rings. The first-order chi connectivity index (χ1) is 4.93. The molecule has 0 bridgehead atoms. The number of H-pyrrole nitrogens is 1. The summed E-state index contributed by atoms with van der Waals surface area (Å²) >= 11 is 0. The van der Waals surface area contributed by atoms with Crippen LogP contribution < -0.4 is 5.32 Å². The van der Waals surface area contributed by atoms with E-state index in [0.29, 0.717) is 0 Å². The van der Waals surface area contributed by atoms with Crippen molar-refractivity contribution in [2.75, 3.05) is 11.9 Å². The quantitative estimate of drug-likeness (QED) is 0.613. The molecule has 0 fully saturated rings. The van der Waals surface area contributed by atoms with Crippen molar-refractivity contribution in [1.82, 2.24) is 4.98 Å². The van der Waals surface area contributed by atoms with Gasteiger partial charge in [-0.05, 0) is 18.6 Å². The van der Waals surface area contributed by atoms with Gasteiger partial charge in [0.1, 0.15) is 5.82 Å². The van der Waals surface area contributed by atoms with Crippen LogP contribution in [0.2, 0.25) is 0 Å². The van der Waals surface area contributed by atoms with Crippen LogP contribution in [0.15, 0.2) is 18.3 Å². The van der Waals surface area contributed by atoms with Gasteiger partial charge in [0, 0.05) is 12.7 Å². The van der Waals surface area contributed by atoms with Crippen molar-refractivity contribution in [3.63, 3.8) is 0 Å². The lowest BCUT2D eigenvalue weighted by Gasteiger charge is -2.00. The molecule has 0 aromatic carbocycles. The molecule has 0 atom stereocenters. The molecule has 2 nitrogen and oxygen atoms in total. The summed E-state index contributed by atoms with van der Waals surface area (Å²) in [5.74, 6) is 1.12. The van der Waals surface area contributed by atoms with Crippen LogP contribution in [0.5, 0.6) is 0 Å². The van der Waals surface area contributed by atoms with Crippen molar-refractivity contribution < 1.29 is 0 Å². The van der Waals surface area contributed by atoms with Crippen molar-refractivity contribution in [2.45, 2.75) is 19.8 Å². The van der Waals surface area contributed by atoms with E-state index in [2.05, 4.69) is 17.2 Å². The zero-order chi connectivity index (χ0) is 7.23. The predicted octanol–water partition coefficient (Wildman–Crippen LogP) is 2.23. The molecule has 0 amide bonds. The van der Waals surface area contributed by atoms with Gasteiger partial charge in [-0.1, -0.05) is 13.3 Å². The molecule has 0 saturated carbocycles. The minimum Gasteiger partial charge on any atom is -0.372 e. The number of nitrogens with one attached hydrogen (secondary N) is 2. The van der Waals surface area contributed by atoms with Gasteiger partial charge in [0.2, 0.25) is 0 Å². The van der Waals surface area contributed by atoms with Crippen LogP contribution in [0.25, 0.3) is 0 Å². The van der Waals surface area contributed by atoms with E-state index in [1.54, 1.807) is 0 Å². The van der Waals surface area contributed by atoms with Gasteiger partial charge in [-0.15, -0.1) is 0 Å². The van der Waals surface area contributed by atoms with Crippen LogP contribution in [-0.4, -0.2) is 11.5 Å². The second-order valence-electron chi connectivity index (χ2n) is 2.36. The summed E-state index contributed by atoms with van der Waals surface area (Å²) in [6.45, 7) is 3.26. The number of hydrogen-bond acceptors (Lipinski definition) is 1. The highest BCUT2D eigenvalue weighted by Gasteiger charge is 1.87.